The van der Waals surface area contributed by atoms with E-state index >= 15 is 0 Å². The first-order valence-corrected chi connectivity index (χ1v) is 6.47. The number of hydrogen-bond acceptors (Lipinski definition) is 4. The molecular formula is C14H14BrNO3. The Bertz CT molecular complexity index is 587. The third-order valence-electron chi connectivity index (χ3n) is 2.70. The van der Waals surface area contributed by atoms with Gasteiger partial charge in [0.2, 0.25) is 0 Å². The molecule has 0 unspecified atom stereocenters. The van der Waals surface area contributed by atoms with E-state index in [0.717, 1.165) is 15.7 Å². The SMILES string of the molecule is COc1ccc(NCc2cc(Br)ccc2O)cc1O. The van der Waals surface area contributed by atoms with Crippen LogP contribution in [0.3, 0.4) is 0 Å². The van der Waals surface area contributed by atoms with Crippen LogP contribution in [0.15, 0.2) is 40.9 Å². The third kappa shape index (κ3) is 3.32. The fraction of sp³-hybridized carbons (Fsp3) is 0.143. The standard InChI is InChI=1S/C14H14BrNO3/c1-19-14-5-3-11(7-13(14)18)16-8-9-6-10(15)2-4-12(9)17/h2-7,16-18H,8H2,1H3. The Hall–Kier alpha value is -1.88. The van der Waals surface area contributed by atoms with Gasteiger partial charge in [-0.05, 0) is 30.3 Å². The minimum Gasteiger partial charge on any atom is -0.508 e. The van der Waals surface area contributed by atoms with Crippen molar-refractivity contribution in [2.45, 2.75) is 6.54 Å². The molecule has 2 aromatic carbocycles. The second kappa shape index (κ2) is 5.84. The van der Waals surface area contributed by atoms with E-state index in [1.165, 1.54) is 7.11 Å². The summed E-state index contributed by atoms with van der Waals surface area (Å²) in [6, 6.07) is 10.3. The van der Waals surface area contributed by atoms with Crippen molar-refractivity contribution >= 4 is 21.6 Å². The normalized spacial score (nSPS) is 10.2. The van der Waals surface area contributed by atoms with E-state index < -0.39 is 0 Å². The molecule has 5 heteroatoms. The summed E-state index contributed by atoms with van der Waals surface area (Å²) >= 11 is 3.36. The number of aromatic hydroxyl groups is 2. The Morgan fingerprint density at radius 1 is 1.11 bits per heavy atom. The molecule has 0 fully saturated rings. The van der Waals surface area contributed by atoms with E-state index in [-0.39, 0.29) is 11.5 Å². The zero-order valence-electron chi connectivity index (χ0n) is 10.4. The number of nitrogens with one attached hydrogen (secondary N) is 1. The molecule has 19 heavy (non-hydrogen) atoms. The number of phenolic OH excluding ortho intramolecular Hbond substituents is 2. The van der Waals surface area contributed by atoms with Crippen molar-refractivity contribution in [1.29, 1.82) is 0 Å². The minimum atomic E-state index is 0.0750. The highest BCUT2D eigenvalue weighted by molar-refractivity contribution is 9.10. The van der Waals surface area contributed by atoms with Crippen molar-refractivity contribution in [2.75, 3.05) is 12.4 Å². The van der Waals surface area contributed by atoms with Crippen molar-refractivity contribution in [3.63, 3.8) is 0 Å². The van der Waals surface area contributed by atoms with Gasteiger partial charge in [-0.25, -0.2) is 0 Å². The predicted molar refractivity (Wildman–Crippen MR) is 77.8 cm³/mol. The van der Waals surface area contributed by atoms with Crippen molar-refractivity contribution in [3.05, 3.63) is 46.4 Å². The molecule has 4 nitrogen and oxygen atoms in total. The van der Waals surface area contributed by atoms with Gasteiger partial charge in [0, 0.05) is 28.3 Å². The fourth-order valence-corrected chi connectivity index (χ4v) is 2.10. The first kappa shape index (κ1) is 13.5. The van der Waals surface area contributed by atoms with Crippen LogP contribution < -0.4 is 10.1 Å². The lowest BCUT2D eigenvalue weighted by Gasteiger charge is -2.10. The molecule has 2 aromatic rings. The first-order chi connectivity index (χ1) is 9.10. The van der Waals surface area contributed by atoms with Gasteiger partial charge in [-0.3, -0.25) is 0 Å². The zero-order valence-corrected chi connectivity index (χ0v) is 11.9. The molecule has 100 valence electrons. The summed E-state index contributed by atoms with van der Waals surface area (Å²) in [6.07, 6.45) is 0. The third-order valence-corrected chi connectivity index (χ3v) is 3.20. The number of benzene rings is 2. The van der Waals surface area contributed by atoms with Gasteiger partial charge < -0.3 is 20.3 Å². The maximum atomic E-state index is 9.72. The average Bonchev–Trinajstić information content (AvgIpc) is 2.40. The lowest BCUT2D eigenvalue weighted by Crippen LogP contribution is -1.99. The van der Waals surface area contributed by atoms with E-state index in [1.807, 2.05) is 6.07 Å². The molecule has 0 bridgehead atoms. The van der Waals surface area contributed by atoms with E-state index in [9.17, 15) is 10.2 Å². The Labute approximate surface area is 119 Å². The van der Waals surface area contributed by atoms with Crippen LogP contribution in [0.25, 0.3) is 0 Å². The van der Waals surface area contributed by atoms with E-state index in [2.05, 4.69) is 21.2 Å². The van der Waals surface area contributed by atoms with Crippen molar-refractivity contribution in [2.24, 2.45) is 0 Å². The maximum Gasteiger partial charge on any atom is 0.160 e. The monoisotopic (exact) mass is 323 g/mol. The lowest BCUT2D eigenvalue weighted by molar-refractivity contribution is 0.373. The quantitative estimate of drug-likeness (QED) is 0.806. The summed E-state index contributed by atoms with van der Waals surface area (Å²) < 4.78 is 5.88. The molecule has 0 spiro atoms. The predicted octanol–water partition coefficient (Wildman–Crippen LogP) is 3.48. The van der Waals surface area contributed by atoms with Gasteiger partial charge in [-0.15, -0.1) is 0 Å². The molecule has 0 aliphatic rings. The lowest BCUT2D eigenvalue weighted by atomic mass is 10.2. The van der Waals surface area contributed by atoms with Gasteiger partial charge in [0.1, 0.15) is 5.75 Å². The highest BCUT2D eigenvalue weighted by atomic mass is 79.9. The summed E-state index contributed by atoms with van der Waals surface area (Å²) in [7, 11) is 1.50. The Balaban J connectivity index is 2.10. The molecule has 0 aromatic heterocycles. The van der Waals surface area contributed by atoms with Gasteiger partial charge in [0.05, 0.1) is 7.11 Å². The number of anilines is 1. The molecular weight excluding hydrogens is 310 g/mol. The molecule has 0 atom stereocenters. The van der Waals surface area contributed by atoms with E-state index in [4.69, 9.17) is 4.74 Å². The second-order valence-electron chi connectivity index (χ2n) is 4.01. The zero-order chi connectivity index (χ0) is 13.8. The topological polar surface area (TPSA) is 61.7 Å². The van der Waals surface area contributed by atoms with Crippen LogP contribution in [0.5, 0.6) is 17.2 Å². The average molecular weight is 324 g/mol. The highest BCUT2D eigenvalue weighted by Crippen LogP contribution is 2.29. The van der Waals surface area contributed by atoms with Crippen LogP contribution in [-0.2, 0) is 6.54 Å². The number of ether oxygens (including phenoxy) is 1. The molecule has 0 radical (unpaired) electrons. The van der Waals surface area contributed by atoms with Crippen LogP contribution in [0.4, 0.5) is 5.69 Å². The Morgan fingerprint density at radius 2 is 1.89 bits per heavy atom. The summed E-state index contributed by atoms with van der Waals surface area (Å²) in [4.78, 5) is 0. The largest absolute Gasteiger partial charge is 0.508 e. The molecule has 3 N–H and O–H groups in total. The molecule has 0 saturated heterocycles. The minimum absolute atomic E-state index is 0.0750. The second-order valence-corrected chi connectivity index (χ2v) is 4.93. The summed E-state index contributed by atoms with van der Waals surface area (Å²) in [5.74, 6) is 0.732. The van der Waals surface area contributed by atoms with Crippen molar-refractivity contribution in [3.8, 4) is 17.2 Å². The van der Waals surface area contributed by atoms with Crippen LogP contribution in [0.2, 0.25) is 0 Å². The van der Waals surface area contributed by atoms with E-state index in [0.29, 0.717) is 12.3 Å². The smallest absolute Gasteiger partial charge is 0.160 e. The van der Waals surface area contributed by atoms with Gasteiger partial charge >= 0.3 is 0 Å². The Morgan fingerprint density at radius 3 is 2.58 bits per heavy atom. The van der Waals surface area contributed by atoms with Crippen LogP contribution in [0.1, 0.15) is 5.56 Å². The number of methoxy groups -OCH3 is 1. The van der Waals surface area contributed by atoms with Gasteiger partial charge in [-0.1, -0.05) is 15.9 Å². The molecule has 2 rings (SSSR count). The fourth-order valence-electron chi connectivity index (χ4n) is 1.69. The van der Waals surface area contributed by atoms with Crippen LogP contribution >= 0.6 is 15.9 Å². The summed E-state index contributed by atoms with van der Waals surface area (Å²) in [5.41, 5.74) is 1.52. The molecule has 0 amide bonds. The van der Waals surface area contributed by atoms with E-state index in [1.54, 1.807) is 30.3 Å². The van der Waals surface area contributed by atoms with Gasteiger partial charge in [0.15, 0.2) is 11.5 Å². The molecule has 0 aliphatic carbocycles. The summed E-state index contributed by atoms with van der Waals surface area (Å²) in [5, 5.41) is 22.5. The number of hydrogen-bond donors (Lipinski definition) is 3. The number of halogens is 1. The number of rotatable bonds is 4. The van der Waals surface area contributed by atoms with Crippen LogP contribution in [0, 0.1) is 0 Å². The first-order valence-electron chi connectivity index (χ1n) is 5.68. The van der Waals surface area contributed by atoms with Crippen molar-refractivity contribution < 1.29 is 14.9 Å². The van der Waals surface area contributed by atoms with Gasteiger partial charge in [-0.2, -0.15) is 0 Å². The number of phenols is 2. The van der Waals surface area contributed by atoms with Crippen molar-refractivity contribution in [1.82, 2.24) is 0 Å². The highest BCUT2D eigenvalue weighted by Gasteiger charge is 2.04. The molecule has 0 saturated carbocycles. The summed E-state index contributed by atoms with van der Waals surface area (Å²) in [6.45, 7) is 0.455. The van der Waals surface area contributed by atoms with Crippen LogP contribution in [-0.4, -0.2) is 17.3 Å². The maximum absolute atomic E-state index is 9.72. The Kier molecular flexibility index (Phi) is 4.16. The molecule has 0 aliphatic heterocycles. The van der Waals surface area contributed by atoms with Gasteiger partial charge in [0.25, 0.3) is 0 Å². The molecule has 0 heterocycles.